The van der Waals surface area contributed by atoms with Crippen LogP contribution in [0.25, 0.3) is 0 Å². The van der Waals surface area contributed by atoms with Crippen molar-refractivity contribution in [3.63, 3.8) is 0 Å². The van der Waals surface area contributed by atoms with E-state index < -0.39 is 16.0 Å². The fourth-order valence-electron chi connectivity index (χ4n) is 2.28. The molecule has 8 heteroatoms. The summed E-state index contributed by atoms with van der Waals surface area (Å²) in [7, 11) is -0.690. The number of aromatic carboxylic acids is 1. The number of anilines is 1. The van der Waals surface area contributed by atoms with Gasteiger partial charge in [0.05, 0.1) is 18.4 Å². The van der Waals surface area contributed by atoms with Gasteiger partial charge in [0.1, 0.15) is 10.6 Å². The molecule has 0 aliphatic rings. The highest BCUT2D eigenvalue weighted by molar-refractivity contribution is 7.89. The fraction of sp³-hybridized carbons (Fsp3) is 0.235. The maximum absolute atomic E-state index is 12.5. The summed E-state index contributed by atoms with van der Waals surface area (Å²) in [6, 6.07) is 11.3. The molecule has 0 aromatic heterocycles. The van der Waals surface area contributed by atoms with Crippen molar-refractivity contribution >= 4 is 21.7 Å². The monoisotopic (exact) mass is 364 g/mol. The van der Waals surface area contributed by atoms with Crippen LogP contribution in [0.2, 0.25) is 0 Å². The smallest absolute Gasteiger partial charge is 0.335 e. The Morgan fingerprint density at radius 1 is 1.16 bits per heavy atom. The van der Waals surface area contributed by atoms with Crippen LogP contribution in [0.4, 0.5) is 5.69 Å². The molecular weight excluding hydrogens is 344 g/mol. The maximum Gasteiger partial charge on any atom is 0.335 e. The number of nitrogens with one attached hydrogen (secondary N) is 2. The highest BCUT2D eigenvalue weighted by atomic mass is 32.2. The minimum absolute atomic E-state index is 0.0884. The molecule has 0 atom stereocenters. The molecule has 3 N–H and O–H groups in total. The first-order chi connectivity index (χ1) is 11.9. The SMILES string of the molecule is CNc1ccc(C(=O)O)cc1S(=O)(=O)NCCc1ccc(OC)cc1. The molecular formula is C17H20N2O5S. The summed E-state index contributed by atoms with van der Waals surface area (Å²) in [6.45, 7) is 0.190. The molecule has 0 aliphatic carbocycles. The third kappa shape index (κ3) is 4.71. The molecule has 0 saturated carbocycles. The van der Waals surface area contributed by atoms with Crippen LogP contribution in [0.15, 0.2) is 47.4 Å². The van der Waals surface area contributed by atoms with E-state index in [4.69, 9.17) is 9.84 Å². The first-order valence-corrected chi connectivity index (χ1v) is 9.03. The summed E-state index contributed by atoms with van der Waals surface area (Å²) < 4.78 is 32.6. The molecule has 2 aromatic rings. The number of methoxy groups -OCH3 is 1. The number of rotatable bonds is 8. The van der Waals surface area contributed by atoms with Gasteiger partial charge >= 0.3 is 5.97 Å². The maximum atomic E-state index is 12.5. The summed E-state index contributed by atoms with van der Waals surface area (Å²) in [4.78, 5) is 11.0. The lowest BCUT2D eigenvalue weighted by Gasteiger charge is -2.12. The predicted molar refractivity (Wildman–Crippen MR) is 94.8 cm³/mol. The number of carboxylic acid groups (broad SMARTS) is 1. The summed E-state index contributed by atoms with van der Waals surface area (Å²) in [5.74, 6) is -0.453. The van der Waals surface area contributed by atoms with E-state index in [2.05, 4.69) is 10.0 Å². The minimum atomic E-state index is -3.84. The lowest BCUT2D eigenvalue weighted by molar-refractivity contribution is 0.0696. The Bertz CT molecular complexity index is 848. The summed E-state index contributed by atoms with van der Waals surface area (Å²) >= 11 is 0. The normalized spacial score (nSPS) is 11.1. The highest BCUT2D eigenvalue weighted by Crippen LogP contribution is 2.22. The molecule has 0 heterocycles. The Hall–Kier alpha value is -2.58. The number of hydrogen-bond donors (Lipinski definition) is 3. The van der Waals surface area contributed by atoms with Crippen LogP contribution in [-0.2, 0) is 16.4 Å². The molecule has 2 aromatic carbocycles. The molecule has 0 bridgehead atoms. The zero-order valence-electron chi connectivity index (χ0n) is 13.9. The van der Waals surface area contributed by atoms with Gasteiger partial charge in [0.15, 0.2) is 0 Å². The third-order valence-electron chi connectivity index (χ3n) is 3.65. The molecule has 2 rings (SSSR count). The van der Waals surface area contributed by atoms with Gasteiger partial charge in [-0.2, -0.15) is 0 Å². The van der Waals surface area contributed by atoms with Crippen molar-refractivity contribution in [2.75, 3.05) is 26.0 Å². The van der Waals surface area contributed by atoms with Gasteiger partial charge in [0.2, 0.25) is 10.0 Å². The zero-order valence-corrected chi connectivity index (χ0v) is 14.8. The van der Waals surface area contributed by atoms with E-state index in [9.17, 15) is 13.2 Å². The van der Waals surface area contributed by atoms with Gasteiger partial charge in [-0.25, -0.2) is 17.9 Å². The summed E-state index contributed by atoms with van der Waals surface area (Å²) in [6.07, 6.45) is 0.497. The van der Waals surface area contributed by atoms with Crippen LogP contribution < -0.4 is 14.8 Å². The first-order valence-electron chi connectivity index (χ1n) is 7.55. The Morgan fingerprint density at radius 2 is 1.84 bits per heavy atom. The number of benzene rings is 2. The Balaban J connectivity index is 2.12. The Morgan fingerprint density at radius 3 is 2.40 bits per heavy atom. The molecule has 7 nitrogen and oxygen atoms in total. The van der Waals surface area contributed by atoms with E-state index in [0.29, 0.717) is 12.1 Å². The van der Waals surface area contributed by atoms with Crippen LogP contribution in [0.1, 0.15) is 15.9 Å². The molecule has 0 amide bonds. The van der Waals surface area contributed by atoms with Gasteiger partial charge in [-0.3, -0.25) is 0 Å². The summed E-state index contributed by atoms with van der Waals surface area (Å²) in [5, 5.41) is 11.8. The largest absolute Gasteiger partial charge is 0.497 e. The first kappa shape index (κ1) is 18.8. The second-order valence-corrected chi connectivity index (χ2v) is 7.00. The highest BCUT2D eigenvalue weighted by Gasteiger charge is 2.20. The topological polar surface area (TPSA) is 105 Å². The number of ether oxygens (including phenoxy) is 1. The van der Waals surface area contributed by atoms with E-state index in [0.717, 1.165) is 17.4 Å². The van der Waals surface area contributed by atoms with Crippen molar-refractivity contribution in [2.24, 2.45) is 0 Å². The van der Waals surface area contributed by atoms with Crippen LogP contribution in [-0.4, -0.2) is 40.2 Å². The molecule has 0 fully saturated rings. The van der Waals surface area contributed by atoms with Crippen molar-refractivity contribution in [1.82, 2.24) is 4.72 Å². The number of sulfonamides is 1. The van der Waals surface area contributed by atoms with Crippen LogP contribution in [0, 0.1) is 0 Å². The number of carboxylic acids is 1. The second-order valence-electron chi connectivity index (χ2n) is 5.26. The van der Waals surface area contributed by atoms with Crippen LogP contribution >= 0.6 is 0 Å². The molecule has 0 radical (unpaired) electrons. The van der Waals surface area contributed by atoms with Gasteiger partial charge < -0.3 is 15.2 Å². The van der Waals surface area contributed by atoms with E-state index in [1.807, 2.05) is 12.1 Å². The predicted octanol–water partition coefficient (Wildman–Crippen LogP) is 1.96. The van der Waals surface area contributed by atoms with Gasteiger partial charge in [-0.05, 0) is 42.3 Å². The van der Waals surface area contributed by atoms with Gasteiger partial charge in [-0.15, -0.1) is 0 Å². The van der Waals surface area contributed by atoms with Crippen molar-refractivity contribution in [3.8, 4) is 5.75 Å². The average Bonchev–Trinajstić information content (AvgIpc) is 2.61. The average molecular weight is 364 g/mol. The van der Waals surface area contributed by atoms with Crippen molar-refractivity contribution in [2.45, 2.75) is 11.3 Å². The van der Waals surface area contributed by atoms with Crippen molar-refractivity contribution < 1.29 is 23.1 Å². The third-order valence-corrected chi connectivity index (χ3v) is 5.15. The van der Waals surface area contributed by atoms with E-state index in [-0.39, 0.29) is 17.0 Å². The lowest BCUT2D eigenvalue weighted by atomic mass is 10.1. The fourth-order valence-corrected chi connectivity index (χ4v) is 3.55. The Labute approximate surface area is 146 Å². The van der Waals surface area contributed by atoms with Crippen LogP contribution in [0.5, 0.6) is 5.75 Å². The van der Waals surface area contributed by atoms with E-state index in [1.165, 1.54) is 12.1 Å². The molecule has 134 valence electrons. The molecule has 0 unspecified atom stereocenters. The minimum Gasteiger partial charge on any atom is -0.497 e. The molecule has 25 heavy (non-hydrogen) atoms. The standard InChI is InChI=1S/C17H20N2O5S/c1-18-15-8-5-13(17(20)21)11-16(15)25(22,23)19-10-9-12-3-6-14(24-2)7-4-12/h3-8,11,18-19H,9-10H2,1-2H3,(H,20,21). The van der Waals surface area contributed by atoms with Crippen LogP contribution in [0.3, 0.4) is 0 Å². The molecule has 0 spiro atoms. The van der Waals surface area contributed by atoms with E-state index >= 15 is 0 Å². The lowest BCUT2D eigenvalue weighted by Crippen LogP contribution is -2.27. The number of carbonyl (C=O) groups is 1. The summed E-state index contributed by atoms with van der Waals surface area (Å²) in [5.41, 5.74) is 1.20. The second kappa shape index (κ2) is 8.00. The van der Waals surface area contributed by atoms with Gasteiger partial charge in [0.25, 0.3) is 0 Å². The quantitative estimate of drug-likeness (QED) is 0.661. The Kier molecular flexibility index (Phi) is 6.00. The zero-order chi connectivity index (χ0) is 18.4. The van der Waals surface area contributed by atoms with Crippen molar-refractivity contribution in [3.05, 3.63) is 53.6 Å². The van der Waals surface area contributed by atoms with Gasteiger partial charge in [-0.1, -0.05) is 12.1 Å². The number of hydrogen-bond acceptors (Lipinski definition) is 5. The molecule has 0 aliphatic heterocycles. The van der Waals surface area contributed by atoms with E-state index in [1.54, 1.807) is 26.3 Å². The van der Waals surface area contributed by atoms with Gasteiger partial charge in [0, 0.05) is 13.6 Å². The van der Waals surface area contributed by atoms with Crippen molar-refractivity contribution in [1.29, 1.82) is 0 Å². The molecule has 0 saturated heterocycles.